The third-order valence-corrected chi connectivity index (χ3v) is 6.01. The summed E-state index contributed by atoms with van der Waals surface area (Å²) in [7, 11) is 0. The molecule has 4 amide bonds. The zero-order valence-electron chi connectivity index (χ0n) is 17.8. The second-order valence-electron chi connectivity index (χ2n) is 7.51. The highest BCUT2D eigenvalue weighted by atomic mass is 32.2. The van der Waals surface area contributed by atoms with Crippen LogP contribution in [0.15, 0.2) is 53.4 Å². The quantitative estimate of drug-likeness (QED) is 0.566. The number of hydrogen-bond donors (Lipinski definition) is 3. The van der Waals surface area contributed by atoms with Gasteiger partial charge in [-0.05, 0) is 61.7 Å². The van der Waals surface area contributed by atoms with Gasteiger partial charge in [-0.25, -0.2) is 4.79 Å². The molecule has 0 spiro atoms. The average molecular weight is 441 g/mol. The molecule has 1 saturated heterocycles. The Kier molecular flexibility index (Phi) is 7.94. The van der Waals surface area contributed by atoms with E-state index in [-0.39, 0.29) is 23.1 Å². The molecule has 1 heterocycles. The molecule has 3 N–H and O–H groups in total. The molecule has 0 aromatic heterocycles. The molecule has 3 rings (SSSR count). The van der Waals surface area contributed by atoms with Gasteiger partial charge >= 0.3 is 6.03 Å². The van der Waals surface area contributed by atoms with Crippen LogP contribution in [0, 0.1) is 0 Å². The molecule has 31 heavy (non-hydrogen) atoms. The van der Waals surface area contributed by atoms with Gasteiger partial charge in [0.15, 0.2) is 0 Å². The molecule has 1 unspecified atom stereocenters. The van der Waals surface area contributed by atoms with Crippen molar-refractivity contribution >= 4 is 41.0 Å². The summed E-state index contributed by atoms with van der Waals surface area (Å²) < 4.78 is 0. The Morgan fingerprint density at radius 3 is 2.39 bits per heavy atom. The molecule has 0 saturated carbocycles. The molecule has 1 fully saturated rings. The van der Waals surface area contributed by atoms with Crippen LogP contribution in [-0.2, 0) is 16.1 Å². The molecule has 1 atom stereocenters. The van der Waals surface area contributed by atoms with Gasteiger partial charge in [-0.1, -0.05) is 12.1 Å². The molecule has 1 aliphatic rings. The molecule has 0 radical (unpaired) electrons. The van der Waals surface area contributed by atoms with Crippen molar-refractivity contribution < 1.29 is 14.4 Å². The van der Waals surface area contributed by atoms with Gasteiger partial charge in [-0.15, -0.1) is 11.8 Å². The fourth-order valence-corrected chi connectivity index (χ4v) is 4.18. The second kappa shape index (κ2) is 10.9. The second-order valence-corrected chi connectivity index (χ2v) is 8.92. The first-order valence-electron chi connectivity index (χ1n) is 10.4. The minimum absolute atomic E-state index is 0.0672. The smallest absolute Gasteiger partial charge is 0.321 e. The van der Waals surface area contributed by atoms with Crippen LogP contribution in [0.3, 0.4) is 0 Å². The SMILES string of the molecule is CC(=O)Nc1ccc(SC(C)C(=O)NCc2cccc(NC(=O)N3CCCC3)c2)cc1. The largest absolute Gasteiger partial charge is 0.351 e. The lowest BCUT2D eigenvalue weighted by Crippen LogP contribution is -2.32. The van der Waals surface area contributed by atoms with Gasteiger partial charge in [0.2, 0.25) is 11.8 Å². The minimum atomic E-state index is -0.273. The average Bonchev–Trinajstić information content (AvgIpc) is 3.28. The number of nitrogens with zero attached hydrogens (tertiary/aromatic N) is 1. The summed E-state index contributed by atoms with van der Waals surface area (Å²) in [6.07, 6.45) is 2.10. The third-order valence-electron chi connectivity index (χ3n) is 4.90. The number of carbonyl (C=O) groups excluding carboxylic acids is 3. The van der Waals surface area contributed by atoms with E-state index < -0.39 is 0 Å². The van der Waals surface area contributed by atoms with Gasteiger partial charge in [-0.2, -0.15) is 0 Å². The number of amides is 4. The number of likely N-dealkylation sites (tertiary alicyclic amines) is 1. The van der Waals surface area contributed by atoms with E-state index in [1.54, 1.807) is 0 Å². The van der Waals surface area contributed by atoms with E-state index in [2.05, 4.69) is 16.0 Å². The van der Waals surface area contributed by atoms with Crippen molar-refractivity contribution in [3.8, 4) is 0 Å². The van der Waals surface area contributed by atoms with Crippen LogP contribution in [0.4, 0.5) is 16.2 Å². The fraction of sp³-hybridized carbons (Fsp3) is 0.348. The Morgan fingerprint density at radius 1 is 1.00 bits per heavy atom. The van der Waals surface area contributed by atoms with Gasteiger partial charge in [-0.3, -0.25) is 9.59 Å². The highest BCUT2D eigenvalue weighted by Crippen LogP contribution is 2.25. The Balaban J connectivity index is 1.48. The summed E-state index contributed by atoms with van der Waals surface area (Å²) in [4.78, 5) is 38.6. The summed E-state index contributed by atoms with van der Waals surface area (Å²) in [5.74, 6) is -0.185. The first-order chi connectivity index (χ1) is 14.9. The summed E-state index contributed by atoms with van der Waals surface area (Å²) in [5.41, 5.74) is 2.38. The van der Waals surface area contributed by atoms with E-state index >= 15 is 0 Å². The van der Waals surface area contributed by atoms with E-state index in [1.807, 2.05) is 60.4 Å². The number of thioether (sulfide) groups is 1. The van der Waals surface area contributed by atoms with Crippen molar-refractivity contribution in [3.05, 3.63) is 54.1 Å². The van der Waals surface area contributed by atoms with Crippen molar-refractivity contribution in [2.24, 2.45) is 0 Å². The minimum Gasteiger partial charge on any atom is -0.351 e. The van der Waals surface area contributed by atoms with Gasteiger partial charge in [0, 0.05) is 42.8 Å². The maximum absolute atomic E-state index is 12.5. The molecular formula is C23H28N4O3S. The number of hydrogen-bond acceptors (Lipinski definition) is 4. The summed E-state index contributed by atoms with van der Waals surface area (Å²) in [6.45, 7) is 5.31. The maximum Gasteiger partial charge on any atom is 0.321 e. The number of rotatable bonds is 7. The van der Waals surface area contributed by atoms with Crippen LogP contribution in [0.25, 0.3) is 0 Å². The Hall–Kier alpha value is -3.00. The van der Waals surface area contributed by atoms with Crippen molar-refractivity contribution in [2.45, 2.75) is 43.4 Å². The normalized spacial score (nSPS) is 14.1. The van der Waals surface area contributed by atoms with Crippen LogP contribution < -0.4 is 16.0 Å². The lowest BCUT2D eigenvalue weighted by Gasteiger charge is -2.17. The number of nitrogens with one attached hydrogen (secondary N) is 3. The molecule has 0 bridgehead atoms. The molecule has 7 nitrogen and oxygen atoms in total. The number of carbonyl (C=O) groups is 3. The lowest BCUT2D eigenvalue weighted by atomic mass is 10.2. The molecule has 164 valence electrons. The first kappa shape index (κ1) is 22.7. The summed E-state index contributed by atoms with van der Waals surface area (Å²) in [5, 5.41) is 8.33. The zero-order valence-corrected chi connectivity index (χ0v) is 18.6. The summed E-state index contributed by atoms with van der Waals surface area (Å²) in [6, 6.07) is 14.8. The van der Waals surface area contributed by atoms with Gasteiger partial charge < -0.3 is 20.9 Å². The Bertz CT molecular complexity index is 927. The lowest BCUT2D eigenvalue weighted by molar-refractivity contribution is -0.120. The van der Waals surface area contributed by atoms with Gasteiger partial charge in [0.05, 0.1) is 5.25 Å². The van der Waals surface area contributed by atoms with Crippen LogP contribution in [0.5, 0.6) is 0 Å². The summed E-state index contributed by atoms with van der Waals surface area (Å²) >= 11 is 1.45. The van der Waals surface area contributed by atoms with Gasteiger partial charge in [0.25, 0.3) is 0 Å². The highest BCUT2D eigenvalue weighted by Gasteiger charge is 2.18. The van der Waals surface area contributed by atoms with Crippen LogP contribution >= 0.6 is 11.8 Å². The van der Waals surface area contributed by atoms with E-state index in [9.17, 15) is 14.4 Å². The molecule has 8 heteroatoms. The van der Waals surface area contributed by atoms with E-state index in [1.165, 1.54) is 18.7 Å². The monoisotopic (exact) mass is 440 g/mol. The van der Waals surface area contributed by atoms with Crippen molar-refractivity contribution in [2.75, 3.05) is 23.7 Å². The van der Waals surface area contributed by atoms with Crippen LogP contribution in [-0.4, -0.2) is 41.1 Å². The molecular weight excluding hydrogens is 412 g/mol. The topological polar surface area (TPSA) is 90.5 Å². The van der Waals surface area contributed by atoms with E-state index in [0.717, 1.165) is 47.8 Å². The number of urea groups is 1. The third kappa shape index (κ3) is 7.03. The van der Waals surface area contributed by atoms with Crippen LogP contribution in [0.1, 0.15) is 32.3 Å². The molecule has 1 aliphatic heterocycles. The van der Waals surface area contributed by atoms with Crippen molar-refractivity contribution in [1.82, 2.24) is 10.2 Å². The first-order valence-corrected chi connectivity index (χ1v) is 11.3. The molecule has 2 aromatic carbocycles. The van der Waals surface area contributed by atoms with Crippen LogP contribution in [0.2, 0.25) is 0 Å². The Morgan fingerprint density at radius 2 is 1.71 bits per heavy atom. The standard InChI is InChI=1S/C23H28N4O3S/c1-16(31-21-10-8-19(9-11-21)25-17(2)28)22(29)24-15-18-6-5-7-20(14-18)26-23(30)27-12-3-4-13-27/h5-11,14,16H,3-4,12-13,15H2,1-2H3,(H,24,29)(H,25,28)(H,26,30). The predicted molar refractivity (Wildman–Crippen MR) is 124 cm³/mol. The zero-order chi connectivity index (χ0) is 22.2. The molecule has 2 aromatic rings. The predicted octanol–water partition coefficient (Wildman–Crippen LogP) is 4.07. The van der Waals surface area contributed by atoms with E-state index in [4.69, 9.17) is 0 Å². The fourth-order valence-electron chi connectivity index (χ4n) is 3.29. The Labute approximate surface area is 187 Å². The van der Waals surface area contributed by atoms with Crippen molar-refractivity contribution in [3.63, 3.8) is 0 Å². The van der Waals surface area contributed by atoms with Gasteiger partial charge in [0.1, 0.15) is 0 Å². The number of benzene rings is 2. The molecule has 0 aliphatic carbocycles. The highest BCUT2D eigenvalue weighted by molar-refractivity contribution is 8.00. The maximum atomic E-state index is 12.5. The van der Waals surface area contributed by atoms with E-state index in [0.29, 0.717) is 6.54 Å². The van der Waals surface area contributed by atoms with Crippen molar-refractivity contribution in [1.29, 1.82) is 0 Å². The number of anilines is 2.